The van der Waals surface area contributed by atoms with Gasteiger partial charge in [-0.3, -0.25) is 5.43 Å². The second kappa shape index (κ2) is 7.93. The summed E-state index contributed by atoms with van der Waals surface area (Å²) in [5.74, 6) is 0. The Kier molecular flexibility index (Phi) is 5.43. The van der Waals surface area contributed by atoms with Crippen LogP contribution in [0, 0.1) is 13.8 Å². The van der Waals surface area contributed by atoms with Gasteiger partial charge in [0, 0.05) is 23.8 Å². The molecule has 0 amide bonds. The van der Waals surface area contributed by atoms with Crippen LogP contribution < -0.4 is 10.7 Å². The van der Waals surface area contributed by atoms with Crippen LogP contribution in [0.5, 0.6) is 0 Å². The first-order valence-electron chi connectivity index (χ1n) is 8.30. The van der Waals surface area contributed by atoms with E-state index in [9.17, 15) is 0 Å². The third-order valence-corrected chi connectivity index (χ3v) is 4.25. The first kappa shape index (κ1) is 17.8. The first-order valence-corrected chi connectivity index (χ1v) is 8.71. The lowest BCUT2D eigenvalue weighted by Gasteiger charge is -2.11. The fourth-order valence-corrected chi connectivity index (χ4v) is 2.66. The van der Waals surface area contributed by atoms with Crippen molar-refractivity contribution in [2.45, 2.75) is 20.8 Å². The van der Waals surface area contributed by atoms with E-state index in [1.54, 1.807) is 12.5 Å². The minimum Gasteiger partial charge on any atom is -0.331 e. The van der Waals surface area contributed by atoms with Crippen LogP contribution in [0.4, 0.5) is 5.69 Å². The smallest absolute Gasteiger partial charge is 0.191 e. The lowest BCUT2D eigenvalue weighted by atomic mass is 10.1. The third-order valence-electron chi connectivity index (χ3n) is 4.05. The minimum absolute atomic E-state index is 0.466. The Morgan fingerprint density at radius 1 is 1.12 bits per heavy atom. The maximum Gasteiger partial charge on any atom is 0.191 e. The normalized spacial score (nSPS) is 11.3. The standard InChI is InChI=1S/C20H21N5S/c1-14-4-5-15(2)19(12-14)22-20(26)24-23-16(3)17-6-8-18(9-7-17)25-11-10-21-13-25/h4-13H,1-3H3,(H2,22,24,26)/b23-16+. The summed E-state index contributed by atoms with van der Waals surface area (Å²) in [6, 6.07) is 14.3. The van der Waals surface area contributed by atoms with Gasteiger partial charge in [0.2, 0.25) is 0 Å². The molecule has 0 fully saturated rings. The average molecular weight is 363 g/mol. The molecule has 3 aromatic rings. The molecule has 0 unspecified atom stereocenters. The van der Waals surface area contributed by atoms with Gasteiger partial charge in [0.25, 0.3) is 0 Å². The van der Waals surface area contributed by atoms with Crippen molar-refractivity contribution in [2.24, 2.45) is 5.10 Å². The van der Waals surface area contributed by atoms with Crippen molar-refractivity contribution >= 4 is 28.7 Å². The zero-order chi connectivity index (χ0) is 18.5. The van der Waals surface area contributed by atoms with Crippen LogP contribution in [-0.2, 0) is 0 Å². The molecule has 3 rings (SSSR count). The number of hydrogen-bond donors (Lipinski definition) is 2. The molecule has 0 atom stereocenters. The highest BCUT2D eigenvalue weighted by molar-refractivity contribution is 7.80. The van der Waals surface area contributed by atoms with Gasteiger partial charge in [0.05, 0.1) is 12.0 Å². The summed E-state index contributed by atoms with van der Waals surface area (Å²) in [6.07, 6.45) is 5.44. The molecule has 2 N–H and O–H groups in total. The second-order valence-corrected chi connectivity index (χ2v) is 6.51. The molecule has 0 bridgehead atoms. The van der Waals surface area contributed by atoms with Gasteiger partial charge in [-0.05, 0) is 67.9 Å². The van der Waals surface area contributed by atoms with Crippen LogP contribution in [0.25, 0.3) is 5.69 Å². The van der Waals surface area contributed by atoms with Crippen LogP contribution >= 0.6 is 12.2 Å². The maximum atomic E-state index is 5.34. The topological polar surface area (TPSA) is 54.2 Å². The van der Waals surface area contributed by atoms with Crippen molar-refractivity contribution in [1.82, 2.24) is 15.0 Å². The molecule has 0 radical (unpaired) electrons. The van der Waals surface area contributed by atoms with E-state index in [0.717, 1.165) is 28.2 Å². The third kappa shape index (κ3) is 4.34. The number of thiocarbonyl (C=S) groups is 1. The number of hydrogen-bond acceptors (Lipinski definition) is 3. The summed E-state index contributed by atoms with van der Waals surface area (Å²) in [7, 11) is 0. The van der Waals surface area contributed by atoms with Gasteiger partial charge < -0.3 is 9.88 Å². The Morgan fingerprint density at radius 3 is 2.58 bits per heavy atom. The Morgan fingerprint density at radius 2 is 1.88 bits per heavy atom. The number of aromatic nitrogens is 2. The number of aryl methyl sites for hydroxylation is 2. The number of nitrogens with one attached hydrogen (secondary N) is 2. The first-order chi connectivity index (χ1) is 12.5. The molecule has 132 valence electrons. The summed E-state index contributed by atoms with van der Waals surface area (Å²) < 4.78 is 1.96. The molecular weight excluding hydrogens is 342 g/mol. The summed E-state index contributed by atoms with van der Waals surface area (Å²) in [4.78, 5) is 4.06. The van der Waals surface area contributed by atoms with Crippen LogP contribution in [0.1, 0.15) is 23.6 Å². The summed E-state index contributed by atoms with van der Waals surface area (Å²) >= 11 is 5.34. The molecule has 0 aliphatic rings. The van der Waals surface area contributed by atoms with E-state index in [4.69, 9.17) is 12.2 Å². The quantitative estimate of drug-likeness (QED) is 0.414. The van der Waals surface area contributed by atoms with Crippen molar-refractivity contribution in [3.8, 4) is 5.69 Å². The minimum atomic E-state index is 0.466. The second-order valence-electron chi connectivity index (χ2n) is 6.10. The van der Waals surface area contributed by atoms with E-state index in [2.05, 4.69) is 46.0 Å². The van der Waals surface area contributed by atoms with Gasteiger partial charge >= 0.3 is 0 Å². The number of imidazole rings is 1. The molecule has 0 saturated carbocycles. The number of anilines is 1. The monoisotopic (exact) mass is 363 g/mol. The van der Waals surface area contributed by atoms with Crippen molar-refractivity contribution in [3.63, 3.8) is 0 Å². The van der Waals surface area contributed by atoms with Gasteiger partial charge in [-0.1, -0.05) is 24.3 Å². The molecule has 0 aliphatic carbocycles. The zero-order valence-corrected chi connectivity index (χ0v) is 15.8. The fourth-order valence-electron chi connectivity index (χ4n) is 2.51. The number of hydrazone groups is 1. The largest absolute Gasteiger partial charge is 0.331 e. The van der Waals surface area contributed by atoms with E-state index >= 15 is 0 Å². The highest BCUT2D eigenvalue weighted by Gasteiger charge is 2.03. The predicted octanol–water partition coefficient (Wildman–Crippen LogP) is 4.20. The van der Waals surface area contributed by atoms with Gasteiger partial charge in [-0.25, -0.2) is 4.98 Å². The molecule has 26 heavy (non-hydrogen) atoms. The number of nitrogens with zero attached hydrogens (tertiary/aromatic N) is 3. The summed E-state index contributed by atoms with van der Waals surface area (Å²) in [5.41, 5.74) is 9.14. The van der Waals surface area contributed by atoms with Crippen LogP contribution in [0.15, 0.2) is 66.3 Å². The SMILES string of the molecule is C/C(=N\NC(=S)Nc1cc(C)ccc1C)c1ccc(-n2ccnc2)cc1. The van der Waals surface area contributed by atoms with Crippen molar-refractivity contribution < 1.29 is 0 Å². The molecule has 6 heteroatoms. The number of rotatable bonds is 4. The van der Waals surface area contributed by atoms with E-state index in [0.29, 0.717) is 5.11 Å². The highest BCUT2D eigenvalue weighted by atomic mass is 32.1. The van der Waals surface area contributed by atoms with E-state index in [1.807, 2.05) is 48.9 Å². The fraction of sp³-hybridized carbons (Fsp3) is 0.150. The zero-order valence-electron chi connectivity index (χ0n) is 15.0. The molecule has 2 aromatic carbocycles. The van der Waals surface area contributed by atoms with E-state index in [-0.39, 0.29) is 0 Å². The Bertz CT molecular complexity index is 927. The predicted molar refractivity (Wildman–Crippen MR) is 111 cm³/mol. The molecule has 1 heterocycles. The van der Waals surface area contributed by atoms with E-state index in [1.165, 1.54) is 5.56 Å². The van der Waals surface area contributed by atoms with Crippen molar-refractivity contribution in [2.75, 3.05) is 5.32 Å². The Hall–Kier alpha value is -2.99. The molecule has 5 nitrogen and oxygen atoms in total. The molecule has 0 aliphatic heterocycles. The molecule has 1 aromatic heterocycles. The lowest BCUT2D eigenvalue weighted by molar-refractivity contribution is 1.03. The van der Waals surface area contributed by atoms with Gasteiger partial charge in [-0.15, -0.1) is 0 Å². The Balaban J connectivity index is 1.64. The lowest BCUT2D eigenvalue weighted by Crippen LogP contribution is -2.25. The van der Waals surface area contributed by atoms with Crippen LogP contribution in [-0.4, -0.2) is 20.4 Å². The van der Waals surface area contributed by atoms with Crippen LogP contribution in [0.2, 0.25) is 0 Å². The van der Waals surface area contributed by atoms with Crippen LogP contribution in [0.3, 0.4) is 0 Å². The van der Waals surface area contributed by atoms with Gasteiger partial charge in [0.1, 0.15) is 0 Å². The molecule has 0 spiro atoms. The Labute approximate surface area is 158 Å². The summed E-state index contributed by atoms with van der Waals surface area (Å²) in [5, 5.41) is 8.03. The maximum absolute atomic E-state index is 5.34. The van der Waals surface area contributed by atoms with Gasteiger partial charge in [-0.2, -0.15) is 5.10 Å². The molecule has 0 saturated heterocycles. The van der Waals surface area contributed by atoms with Gasteiger partial charge in [0.15, 0.2) is 5.11 Å². The molecular formula is C20H21N5S. The average Bonchev–Trinajstić information content (AvgIpc) is 3.17. The van der Waals surface area contributed by atoms with Crippen molar-refractivity contribution in [3.05, 3.63) is 77.9 Å². The number of benzene rings is 2. The summed E-state index contributed by atoms with van der Waals surface area (Å²) in [6.45, 7) is 6.04. The van der Waals surface area contributed by atoms with Crippen molar-refractivity contribution in [1.29, 1.82) is 0 Å². The highest BCUT2D eigenvalue weighted by Crippen LogP contribution is 2.16. The van der Waals surface area contributed by atoms with E-state index < -0.39 is 0 Å².